The molecule has 19 heavy (non-hydrogen) atoms. The molecule has 8 heteroatoms. The number of amides is 1. The van der Waals surface area contributed by atoms with E-state index in [0.29, 0.717) is 18.8 Å². The van der Waals surface area contributed by atoms with Crippen LogP contribution in [0.4, 0.5) is 17.3 Å². The first-order chi connectivity index (χ1) is 9.02. The van der Waals surface area contributed by atoms with Gasteiger partial charge in [0, 0.05) is 26.7 Å². The van der Waals surface area contributed by atoms with Crippen LogP contribution in [0.2, 0.25) is 0 Å². The van der Waals surface area contributed by atoms with Gasteiger partial charge in [-0.2, -0.15) is 0 Å². The van der Waals surface area contributed by atoms with Gasteiger partial charge < -0.3 is 15.5 Å². The molecule has 2 heterocycles. The van der Waals surface area contributed by atoms with Crippen LogP contribution in [0.15, 0.2) is 12.1 Å². The summed E-state index contributed by atoms with van der Waals surface area (Å²) in [6.07, 6.45) is 0.609. The molecular weight excluding hydrogens is 250 g/mol. The van der Waals surface area contributed by atoms with Gasteiger partial charge in [-0.3, -0.25) is 14.9 Å². The van der Waals surface area contributed by atoms with Gasteiger partial charge in [0.1, 0.15) is 11.9 Å². The highest BCUT2D eigenvalue weighted by molar-refractivity contribution is 5.86. The van der Waals surface area contributed by atoms with Crippen LogP contribution in [0.1, 0.15) is 6.42 Å². The van der Waals surface area contributed by atoms with Gasteiger partial charge in [-0.25, -0.2) is 4.98 Å². The maximum Gasteiger partial charge on any atom is 0.311 e. The second-order valence-electron chi connectivity index (χ2n) is 4.32. The highest BCUT2D eigenvalue weighted by atomic mass is 16.6. The molecule has 0 aromatic carbocycles. The van der Waals surface area contributed by atoms with E-state index in [2.05, 4.69) is 15.6 Å². The van der Waals surface area contributed by atoms with Gasteiger partial charge in [0.25, 0.3) is 0 Å². The lowest BCUT2D eigenvalue weighted by Gasteiger charge is -2.13. The number of carbonyl (C=O) groups is 1. The lowest BCUT2D eigenvalue weighted by atomic mass is 10.2. The summed E-state index contributed by atoms with van der Waals surface area (Å²) in [6.45, 7) is 0.635. The molecule has 1 amide bonds. The van der Waals surface area contributed by atoms with E-state index in [9.17, 15) is 14.9 Å². The van der Waals surface area contributed by atoms with Crippen LogP contribution in [0.5, 0.6) is 0 Å². The molecule has 1 aliphatic heterocycles. The van der Waals surface area contributed by atoms with Gasteiger partial charge in [-0.1, -0.05) is 0 Å². The predicted octanol–water partition coefficient (Wildman–Crippen LogP) is 0.674. The monoisotopic (exact) mass is 265 g/mol. The Bertz CT molecular complexity index is 519. The molecule has 2 N–H and O–H groups in total. The lowest BCUT2D eigenvalue weighted by Crippen LogP contribution is -2.31. The summed E-state index contributed by atoms with van der Waals surface area (Å²) in [4.78, 5) is 27.9. The number of hydrogen-bond acceptors (Lipinski definition) is 6. The lowest BCUT2D eigenvalue weighted by molar-refractivity contribution is -0.384. The number of likely N-dealkylation sites (tertiary alicyclic amines) is 1. The van der Waals surface area contributed by atoms with E-state index in [1.807, 2.05) is 0 Å². The summed E-state index contributed by atoms with van der Waals surface area (Å²) in [5.74, 6) is 0.545. The van der Waals surface area contributed by atoms with Crippen molar-refractivity contribution in [3.8, 4) is 0 Å². The first-order valence-electron chi connectivity index (χ1n) is 5.87. The second-order valence-corrected chi connectivity index (χ2v) is 4.32. The molecule has 0 bridgehead atoms. The van der Waals surface area contributed by atoms with Crippen molar-refractivity contribution in [2.24, 2.45) is 0 Å². The number of aromatic nitrogens is 1. The number of rotatable bonds is 4. The van der Waals surface area contributed by atoms with Crippen LogP contribution >= 0.6 is 0 Å². The maximum absolute atomic E-state index is 11.8. The van der Waals surface area contributed by atoms with Crippen molar-refractivity contribution < 1.29 is 9.72 Å². The molecule has 1 aromatic heterocycles. The van der Waals surface area contributed by atoms with Crippen molar-refractivity contribution in [2.75, 3.05) is 31.3 Å². The van der Waals surface area contributed by atoms with Gasteiger partial charge in [-0.05, 0) is 12.5 Å². The Morgan fingerprint density at radius 3 is 2.79 bits per heavy atom. The zero-order valence-corrected chi connectivity index (χ0v) is 10.7. The van der Waals surface area contributed by atoms with Gasteiger partial charge in [0.15, 0.2) is 0 Å². The molecule has 1 atom stereocenters. The number of carbonyl (C=O) groups excluding carboxylic acids is 1. The fourth-order valence-corrected chi connectivity index (χ4v) is 1.97. The van der Waals surface area contributed by atoms with E-state index < -0.39 is 11.0 Å². The Morgan fingerprint density at radius 2 is 2.26 bits per heavy atom. The zero-order chi connectivity index (χ0) is 14.0. The average molecular weight is 265 g/mol. The van der Waals surface area contributed by atoms with Crippen LogP contribution in [-0.2, 0) is 4.79 Å². The van der Waals surface area contributed by atoms with Gasteiger partial charge >= 0.3 is 5.69 Å². The minimum Gasteiger partial charge on any atom is -0.373 e. The van der Waals surface area contributed by atoms with E-state index >= 15 is 0 Å². The SMILES string of the molecule is CNc1ccc([N+](=O)[O-])c(NC2CCN(C)C2=O)n1. The van der Waals surface area contributed by atoms with E-state index in [1.165, 1.54) is 12.1 Å². The Labute approximate surface area is 110 Å². The maximum atomic E-state index is 11.8. The van der Waals surface area contributed by atoms with Gasteiger partial charge in [-0.15, -0.1) is 0 Å². The Morgan fingerprint density at radius 1 is 1.53 bits per heavy atom. The fraction of sp³-hybridized carbons (Fsp3) is 0.455. The van der Waals surface area contributed by atoms with Crippen molar-refractivity contribution in [3.05, 3.63) is 22.2 Å². The summed E-state index contributed by atoms with van der Waals surface area (Å²) in [7, 11) is 3.38. The van der Waals surface area contributed by atoms with Crippen molar-refractivity contribution in [2.45, 2.75) is 12.5 Å². The minimum absolute atomic E-state index is 0.0778. The predicted molar refractivity (Wildman–Crippen MR) is 70.1 cm³/mol. The summed E-state index contributed by atoms with van der Waals surface area (Å²) in [5, 5.41) is 16.6. The second kappa shape index (κ2) is 5.09. The number of anilines is 2. The Kier molecular flexibility index (Phi) is 3.50. The third-order valence-electron chi connectivity index (χ3n) is 3.07. The van der Waals surface area contributed by atoms with Gasteiger partial charge in [0.2, 0.25) is 11.7 Å². The van der Waals surface area contributed by atoms with E-state index in [0.717, 1.165) is 0 Å². The molecule has 102 valence electrons. The number of nitrogens with zero attached hydrogens (tertiary/aromatic N) is 3. The van der Waals surface area contributed by atoms with Crippen molar-refractivity contribution in [1.29, 1.82) is 0 Å². The molecule has 0 aliphatic carbocycles. The molecular formula is C11H15N5O3. The number of hydrogen-bond donors (Lipinski definition) is 2. The first-order valence-corrected chi connectivity index (χ1v) is 5.87. The Balaban J connectivity index is 2.27. The molecule has 1 aromatic rings. The topological polar surface area (TPSA) is 100 Å². The largest absolute Gasteiger partial charge is 0.373 e. The first kappa shape index (κ1) is 13.1. The molecule has 0 saturated carbocycles. The summed E-state index contributed by atoms with van der Waals surface area (Å²) in [6, 6.07) is 2.43. The fourth-order valence-electron chi connectivity index (χ4n) is 1.97. The molecule has 2 rings (SSSR count). The standard InChI is InChI=1S/C11H15N5O3/c1-12-9-4-3-8(16(18)19)10(14-9)13-7-5-6-15(2)11(7)17/h3-4,7H,5-6H2,1-2H3,(H2,12,13,14). The molecule has 0 radical (unpaired) electrons. The highest BCUT2D eigenvalue weighted by Gasteiger charge is 2.31. The number of likely N-dealkylation sites (N-methyl/N-ethyl adjacent to an activating group) is 1. The van der Waals surface area contributed by atoms with Gasteiger partial charge in [0.05, 0.1) is 4.92 Å². The molecule has 0 spiro atoms. The number of pyridine rings is 1. The molecule has 1 aliphatic rings. The molecule has 1 saturated heterocycles. The average Bonchev–Trinajstić information content (AvgIpc) is 2.70. The Hall–Kier alpha value is -2.38. The smallest absolute Gasteiger partial charge is 0.311 e. The summed E-state index contributed by atoms with van der Waals surface area (Å²) >= 11 is 0. The highest BCUT2D eigenvalue weighted by Crippen LogP contribution is 2.26. The minimum atomic E-state index is -0.516. The molecule has 1 fully saturated rings. The summed E-state index contributed by atoms with van der Waals surface area (Å²) < 4.78 is 0. The zero-order valence-electron chi connectivity index (χ0n) is 10.7. The third-order valence-corrected chi connectivity index (χ3v) is 3.07. The van der Waals surface area contributed by atoms with Crippen molar-refractivity contribution in [1.82, 2.24) is 9.88 Å². The van der Waals surface area contributed by atoms with Crippen LogP contribution in [0.3, 0.4) is 0 Å². The van der Waals surface area contributed by atoms with Crippen molar-refractivity contribution in [3.63, 3.8) is 0 Å². The van der Waals surface area contributed by atoms with Crippen LogP contribution < -0.4 is 10.6 Å². The van der Waals surface area contributed by atoms with E-state index in [1.54, 1.807) is 19.0 Å². The third kappa shape index (κ3) is 2.56. The van der Waals surface area contributed by atoms with Crippen LogP contribution in [0.25, 0.3) is 0 Å². The number of nitro groups is 1. The van der Waals surface area contributed by atoms with Crippen LogP contribution in [-0.4, -0.2) is 47.4 Å². The van der Waals surface area contributed by atoms with Crippen molar-refractivity contribution >= 4 is 23.2 Å². The van der Waals surface area contributed by atoms with Crippen LogP contribution in [0, 0.1) is 10.1 Å². The number of nitrogens with one attached hydrogen (secondary N) is 2. The molecule has 8 nitrogen and oxygen atoms in total. The van der Waals surface area contributed by atoms with E-state index in [-0.39, 0.29) is 17.4 Å². The normalized spacial score (nSPS) is 18.5. The van der Waals surface area contributed by atoms with E-state index in [4.69, 9.17) is 0 Å². The summed E-state index contributed by atoms with van der Waals surface area (Å²) in [5.41, 5.74) is -0.138. The molecule has 1 unspecified atom stereocenters. The quantitative estimate of drug-likeness (QED) is 0.613.